The minimum absolute atomic E-state index is 0.00975. The Bertz CT molecular complexity index is 856. The van der Waals surface area contributed by atoms with E-state index in [1.807, 2.05) is 0 Å². The maximum absolute atomic E-state index is 12.4. The van der Waals surface area contributed by atoms with Gasteiger partial charge in [-0.3, -0.25) is 10.1 Å². The fraction of sp³-hybridized carbons (Fsp3) is 0.300. The summed E-state index contributed by atoms with van der Waals surface area (Å²) in [5, 5.41) is 12.1. The molecule has 0 spiro atoms. The van der Waals surface area contributed by atoms with Crippen LogP contribution in [0, 0.1) is 0 Å². The Balaban J connectivity index is 1.61. The number of thiol groups is 1. The molecule has 1 aliphatic rings. The summed E-state index contributed by atoms with van der Waals surface area (Å²) in [7, 11) is 0. The predicted octanol–water partition coefficient (Wildman–Crippen LogP) is 3.66. The van der Waals surface area contributed by atoms with Gasteiger partial charge in [0.1, 0.15) is 11.9 Å². The van der Waals surface area contributed by atoms with Gasteiger partial charge in [0.2, 0.25) is 6.79 Å². The lowest BCUT2D eigenvalue weighted by Gasteiger charge is -2.19. The van der Waals surface area contributed by atoms with Crippen LogP contribution < -0.4 is 14.8 Å². The van der Waals surface area contributed by atoms with Crippen molar-refractivity contribution in [1.29, 1.82) is 0 Å². The van der Waals surface area contributed by atoms with Gasteiger partial charge in [-0.2, -0.15) is 12.6 Å². The van der Waals surface area contributed by atoms with Crippen LogP contribution in [0.4, 0.5) is 10.5 Å². The highest BCUT2D eigenvalue weighted by Crippen LogP contribution is 2.34. The monoisotopic (exact) mass is 419 g/mol. The molecular weight excluding hydrogens is 398 g/mol. The second-order valence-electron chi connectivity index (χ2n) is 6.20. The average Bonchev–Trinajstić information content (AvgIpc) is 3.18. The van der Waals surface area contributed by atoms with Crippen LogP contribution in [-0.4, -0.2) is 36.3 Å². The number of aromatic hydroxyl groups is 1. The Labute approximate surface area is 173 Å². The first kappa shape index (κ1) is 20.7. The Morgan fingerprint density at radius 1 is 1.14 bits per heavy atom. The van der Waals surface area contributed by atoms with Gasteiger partial charge in [0.25, 0.3) is 0 Å². The quantitative estimate of drug-likeness (QED) is 0.341. The third-order valence-electron chi connectivity index (χ3n) is 4.14. The molecular formula is C20H21NO7S. The predicted molar refractivity (Wildman–Crippen MR) is 108 cm³/mol. The highest BCUT2D eigenvalue weighted by atomic mass is 32.1. The van der Waals surface area contributed by atoms with E-state index in [1.54, 1.807) is 30.3 Å². The summed E-state index contributed by atoms with van der Waals surface area (Å²) < 4.78 is 21.1. The largest absolute Gasteiger partial charge is 0.508 e. The summed E-state index contributed by atoms with van der Waals surface area (Å²) in [4.78, 5) is 23.6. The van der Waals surface area contributed by atoms with Crippen LogP contribution in [0.15, 0.2) is 42.5 Å². The fourth-order valence-electron chi connectivity index (χ4n) is 2.73. The number of hydrogen-bond donors (Lipinski definition) is 3. The zero-order valence-corrected chi connectivity index (χ0v) is 16.4. The van der Waals surface area contributed by atoms with Crippen LogP contribution in [-0.2, 0) is 14.3 Å². The zero-order valence-electron chi connectivity index (χ0n) is 15.5. The molecule has 1 heterocycles. The molecule has 29 heavy (non-hydrogen) atoms. The Morgan fingerprint density at radius 2 is 1.90 bits per heavy atom. The van der Waals surface area contributed by atoms with Crippen LogP contribution in [0.25, 0.3) is 0 Å². The maximum atomic E-state index is 12.4. The lowest BCUT2D eigenvalue weighted by atomic mass is 10.0. The number of esters is 1. The molecule has 0 fully saturated rings. The second kappa shape index (κ2) is 9.92. The van der Waals surface area contributed by atoms with Crippen LogP contribution in [0.3, 0.4) is 0 Å². The molecule has 0 aromatic heterocycles. The van der Waals surface area contributed by atoms with Crippen molar-refractivity contribution in [2.24, 2.45) is 0 Å². The molecule has 2 aromatic rings. The lowest BCUT2D eigenvalue weighted by molar-refractivity contribution is -0.140. The number of phenols is 1. The van der Waals surface area contributed by atoms with Crippen molar-refractivity contribution >= 4 is 30.4 Å². The van der Waals surface area contributed by atoms with Gasteiger partial charge in [-0.25, -0.2) is 4.79 Å². The maximum Gasteiger partial charge on any atom is 0.412 e. The number of anilines is 1. The molecule has 0 saturated carbocycles. The lowest BCUT2D eigenvalue weighted by Crippen LogP contribution is -2.18. The van der Waals surface area contributed by atoms with Gasteiger partial charge in [0.05, 0.1) is 12.4 Å². The Morgan fingerprint density at radius 3 is 2.66 bits per heavy atom. The van der Waals surface area contributed by atoms with Crippen molar-refractivity contribution in [3.8, 4) is 17.2 Å². The van der Waals surface area contributed by atoms with Crippen molar-refractivity contribution < 1.29 is 33.6 Å². The molecule has 2 aromatic carbocycles. The number of rotatable bonds is 8. The number of carbonyl (C=O) groups excluding carboxylic acids is 2. The second-order valence-corrected chi connectivity index (χ2v) is 6.52. The summed E-state index contributed by atoms with van der Waals surface area (Å²) in [5.41, 5.74) is 1.22. The molecule has 0 unspecified atom stereocenters. The van der Waals surface area contributed by atoms with Crippen molar-refractivity contribution in [2.75, 3.05) is 24.5 Å². The SMILES string of the molecule is O=C(CS)OCCC[C@H](OC(=O)Nc1ccc2c(c1)OCO2)c1ccc(O)cc1. The Hall–Kier alpha value is -3.07. The number of ether oxygens (including phenoxy) is 4. The molecule has 0 radical (unpaired) electrons. The average molecular weight is 419 g/mol. The van der Waals surface area contributed by atoms with Crippen LogP contribution in [0.1, 0.15) is 24.5 Å². The van der Waals surface area contributed by atoms with Crippen molar-refractivity contribution in [3.63, 3.8) is 0 Å². The summed E-state index contributed by atoms with van der Waals surface area (Å²) in [6, 6.07) is 11.4. The molecule has 1 atom stereocenters. The van der Waals surface area contributed by atoms with E-state index in [0.717, 1.165) is 0 Å². The van der Waals surface area contributed by atoms with Gasteiger partial charge in [-0.15, -0.1) is 0 Å². The smallest absolute Gasteiger partial charge is 0.412 e. The van der Waals surface area contributed by atoms with E-state index in [2.05, 4.69) is 17.9 Å². The molecule has 0 bridgehead atoms. The van der Waals surface area contributed by atoms with E-state index >= 15 is 0 Å². The van der Waals surface area contributed by atoms with E-state index < -0.39 is 18.2 Å². The van der Waals surface area contributed by atoms with Crippen LogP contribution >= 0.6 is 12.6 Å². The van der Waals surface area contributed by atoms with Gasteiger partial charge in [0, 0.05) is 11.8 Å². The third-order valence-corrected chi connectivity index (χ3v) is 4.39. The van der Waals surface area contributed by atoms with Crippen LogP contribution in [0.5, 0.6) is 17.2 Å². The topological polar surface area (TPSA) is 103 Å². The molecule has 0 saturated heterocycles. The first-order valence-electron chi connectivity index (χ1n) is 8.98. The number of carbonyl (C=O) groups is 2. The van der Waals surface area contributed by atoms with Gasteiger partial charge in [-0.1, -0.05) is 12.1 Å². The third kappa shape index (κ3) is 5.95. The van der Waals surface area contributed by atoms with Gasteiger partial charge in [0.15, 0.2) is 11.5 Å². The number of nitrogens with one attached hydrogen (secondary N) is 1. The standard InChI is InChI=1S/C20H21NO7S/c22-15-6-3-13(4-7-15)16(2-1-9-25-19(23)11-29)28-20(24)21-14-5-8-17-18(10-14)27-12-26-17/h3-8,10,16,22,29H,1-2,9,11-12H2,(H,21,24)/t16-/m0/s1. The van der Waals surface area contributed by atoms with Crippen molar-refractivity contribution in [2.45, 2.75) is 18.9 Å². The minimum atomic E-state index is -0.644. The van der Waals surface area contributed by atoms with Crippen molar-refractivity contribution in [3.05, 3.63) is 48.0 Å². The van der Waals surface area contributed by atoms with E-state index in [4.69, 9.17) is 18.9 Å². The number of phenolic OH excluding ortho intramolecular Hbond substituents is 1. The highest BCUT2D eigenvalue weighted by Gasteiger charge is 2.19. The Kier molecular flexibility index (Phi) is 7.07. The summed E-state index contributed by atoms with van der Waals surface area (Å²) in [5.74, 6) is 0.872. The molecule has 0 aliphatic carbocycles. The number of hydrogen-bond acceptors (Lipinski definition) is 8. The molecule has 8 nitrogen and oxygen atoms in total. The zero-order chi connectivity index (χ0) is 20.6. The van der Waals surface area contributed by atoms with E-state index in [0.29, 0.717) is 35.6 Å². The summed E-state index contributed by atoms with van der Waals surface area (Å²) in [6.45, 7) is 0.338. The van der Waals surface area contributed by atoms with Crippen molar-refractivity contribution in [1.82, 2.24) is 0 Å². The number of benzene rings is 2. The van der Waals surface area contributed by atoms with Gasteiger partial charge >= 0.3 is 12.1 Å². The molecule has 154 valence electrons. The number of amides is 1. The molecule has 1 amide bonds. The van der Waals surface area contributed by atoms with E-state index in [9.17, 15) is 14.7 Å². The van der Waals surface area contributed by atoms with E-state index in [-0.39, 0.29) is 24.9 Å². The minimum Gasteiger partial charge on any atom is -0.508 e. The van der Waals surface area contributed by atoms with Crippen LogP contribution in [0.2, 0.25) is 0 Å². The van der Waals surface area contributed by atoms with Gasteiger partial charge in [-0.05, 0) is 42.7 Å². The summed E-state index contributed by atoms with van der Waals surface area (Å²) >= 11 is 3.85. The highest BCUT2D eigenvalue weighted by molar-refractivity contribution is 7.81. The molecule has 3 rings (SSSR count). The van der Waals surface area contributed by atoms with Gasteiger partial charge < -0.3 is 24.1 Å². The first-order chi connectivity index (χ1) is 14.0. The van der Waals surface area contributed by atoms with E-state index in [1.165, 1.54) is 12.1 Å². The molecule has 2 N–H and O–H groups in total. The molecule has 1 aliphatic heterocycles. The normalized spacial score (nSPS) is 12.9. The number of fused-ring (bicyclic) bond motifs is 1. The summed E-state index contributed by atoms with van der Waals surface area (Å²) in [6.07, 6.45) is -0.310. The molecule has 9 heteroatoms. The fourth-order valence-corrected chi connectivity index (χ4v) is 2.83. The first-order valence-corrected chi connectivity index (χ1v) is 9.61.